The lowest BCUT2D eigenvalue weighted by atomic mass is 9.85. The molecule has 2 heteroatoms. The van der Waals surface area contributed by atoms with E-state index in [0.717, 1.165) is 17.6 Å². The molecule has 1 atom stereocenters. The number of carbonyl (C=O) groups is 1. The minimum Gasteiger partial charge on any atom is -0.466 e. The quantitative estimate of drug-likeness (QED) is 0.579. The Balaban J connectivity index is 3.03. The standard InChI is InChI=1S/C11H16O2/c1-7-5-8(2)10(9(3)6-7)11(12)13-4/h5,9H,6H2,1-4H3. The van der Waals surface area contributed by atoms with Crippen LogP contribution in [0.4, 0.5) is 0 Å². The van der Waals surface area contributed by atoms with Crippen molar-refractivity contribution in [3.63, 3.8) is 0 Å². The highest BCUT2D eigenvalue weighted by Gasteiger charge is 2.22. The van der Waals surface area contributed by atoms with Crippen molar-refractivity contribution in [2.45, 2.75) is 27.2 Å². The third kappa shape index (κ3) is 2.00. The minimum atomic E-state index is -0.186. The molecule has 72 valence electrons. The summed E-state index contributed by atoms with van der Waals surface area (Å²) in [7, 11) is 1.43. The van der Waals surface area contributed by atoms with E-state index in [1.54, 1.807) is 0 Å². The smallest absolute Gasteiger partial charge is 0.334 e. The average Bonchev–Trinajstić information content (AvgIpc) is 2.02. The highest BCUT2D eigenvalue weighted by molar-refractivity contribution is 5.90. The lowest BCUT2D eigenvalue weighted by molar-refractivity contribution is -0.136. The molecule has 2 nitrogen and oxygen atoms in total. The molecule has 0 aliphatic heterocycles. The largest absolute Gasteiger partial charge is 0.466 e. The van der Waals surface area contributed by atoms with E-state index in [-0.39, 0.29) is 11.9 Å². The third-order valence-electron chi connectivity index (χ3n) is 2.41. The van der Waals surface area contributed by atoms with Gasteiger partial charge in [-0.1, -0.05) is 18.6 Å². The van der Waals surface area contributed by atoms with Crippen molar-refractivity contribution in [2.24, 2.45) is 5.92 Å². The van der Waals surface area contributed by atoms with Gasteiger partial charge in [0.1, 0.15) is 0 Å². The molecule has 0 bridgehead atoms. The first-order valence-corrected chi connectivity index (χ1v) is 4.52. The highest BCUT2D eigenvalue weighted by Crippen LogP contribution is 2.29. The summed E-state index contributed by atoms with van der Waals surface area (Å²) in [6, 6.07) is 0. The van der Waals surface area contributed by atoms with Crippen LogP contribution in [0.1, 0.15) is 27.2 Å². The van der Waals surface area contributed by atoms with Crippen molar-refractivity contribution in [1.82, 2.24) is 0 Å². The van der Waals surface area contributed by atoms with Gasteiger partial charge in [-0.2, -0.15) is 0 Å². The minimum absolute atomic E-state index is 0.186. The predicted molar refractivity (Wildman–Crippen MR) is 52.3 cm³/mol. The maximum atomic E-state index is 11.4. The number of ether oxygens (including phenoxy) is 1. The second kappa shape index (κ2) is 3.77. The number of allylic oxidation sites excluding steroid dienone is 3. The second-order valence-corrected chi connectivity index (χ2v) is 3.68. The van der Waals surface area contributed by atoms with Gasteiger partial charge in [0.15, 0.2) is 0 Å². The molecule has 0 aromatic heterocycles. The molecule has 0 radical (unpaired) electrons. The summed E-state index contributed by atoms with van der Waals surface area (Å²) >= 11 is 0. The van der Waals surface area contributed by atoms with Crippen LogP contribution < -0.4 is 0 Å². The molecule has 0 spiro atoms. The van der Waals surface area contributed by atoms with Crippen LogP contribution in [0.2, 0.25) is 0 Å². The summed E-state index contributed by atoms with van der Waals surface area (Å²) < 4.78 is 4.74. The van der Waals surface area contributed by atoms with Gasteiger partial charge in [-0.25, -0.2) is 4.79 Å². The Labute approximate surface area is 79.3 Å². The lowest BCUT2D eigenvalue weighted by Crippen LogP contribution is -2.17. The van der Waals surface area contributed by atoms with E-state index in [1.807, 2.05) is 6.92 Å². The molecular weight excluding hydrogens is 164 g/mol. The number of hydrogen-bond donors (Lipinski definition) is 0. The van der Waals surface area contributed by atoms with Crippen LogP contribution in [0.25, 0.3) is 0 Å². The Hall–Kier alpha value is -1.05. The summed E-state index contributed by atoms with van der Waals surface area (Å²) in [5.41, 5.74) is 3.20. The number of methoxy groups -OCH3 is 1. The number of carbonyl (C=O) groups excluding carboxylic acids is 1. The van der Waals surface area contributed by atoms with E-state index < -0.39 is 0 Å². The highest BCUT2D eigenvalue weighted by atomic mass is 16.5. The molecule has 0 fully saturated rings. The molecular formula is C11H16O2. The van der Waals surface area contributed by atoms with Crippen LogP contribution in [-0.2, 0) is 9.53 Å². The van der Waals surface area contributed by atoms with E-state index in [1.165, 1.54) is 12.7 Å². The van der Waals surface area contributed by atoms with Gasteiger partial charge in [0.2, 0.25) is 0 Å². The fraction of sp³-hybridized carbons (Fsp3) is 0.545. The summed E-state index contributed by atoms with van der Waals surface area (Å²) in [5, 5.41) is 0. The van der Waals surface area contributed by atoms with Crippen molar-refractivity contribution in [1.29, 1.82) is 0 Å². The van der Waals surface area contributed by atoms with Crippen LogP contribution >= 0.6 is 0 Å². The van der Waals surface area contributed by atoms with Crippen LogP contribution in [0.15, 0.2) is 22.8 Å². The molecule has 1 aliphatic rings. The molecule has 0 aromatic carbocycles. The molecule has 13 heavy (non-hydrogen) atoms. The van der Waals surface area contributed by atoms with Crippen LogP contribution in [0, 0.1) is 5.92 Å². The summed E-state index contributed by atoms with van der Waals surface area (Å²) in [6.45, 7) is 6.12. The van der Waals surface area contributed by atoms with Crippen molar-refractivity contribution in [2.75, 3.05) is 7.11 Å². The van der Waals surface area contributed by atoms with E-state index in [4.69, 9.17) is 4.74 Å². The summed E-state index contributed by atoms with van der Waals surface area (Å²) in [5.74, 6) is 0.103. The van der Waals surface area contributed by atoms with Gasteiger partial charge in [-0.3, -0.25) is 0 Å². The van der Waals surface area contributed by atoms with E-state index in [9.17, 15) is 4.79 Å². The summed E-state index contributed by atoms with van der Waals surface area (Å²) in [4.78, 5) is 11.4. The van der Waals surface area contributed by atoms with Gasteiger partial charge < -0.3 is 4.74 Å². The normalized spacial score (nSPS) is 22.8. The van der Waals surface area contributed by atoms with Crippen molar-refractivity contribution < 1.29 is 9.53 Å². The maximum Gasteiger partial charge on any atom is 0.334 e. The SMILES string of the molecule is COC(=O)C1=C(C)C=C(C)CC1C. The van der Waals surface area contributed by atoms with Crippen molar-refractivity contribution in [3.05, 3.63) is 22.8 Å². The number of esters is 1. The van der Waals surface area contributed by atoms with Crippen molar-refractivity contribution in [3.8, 4) is 0 Å². The number of hydrogen-bond acceptors (Lipinski definition) is 2. The number of rotatable bonds is 1. The molecule has 0 heterocycles. The first-order valence-electron chi connectivity index (χ1n) is 4.52. The van der Waals surface area contributed by atoms with Crippen molar-refractivity contribution >= 4 is 5.97 Å². The topological polar surface area (TPSA) is 26.3 Å². The fourth-order valence-corrected chi connectivity index (χ4v) is 1.95. The third-order valence-corrected chi connectivity index (χ3v) is 2.41. The van der Waals surface area contributed by atoms with Gasteiger partial charge >= 0.3 is 5.97 Å². The zero-order valence-electron chi connectivity index (χ0n) is 8.68. The fourth-order valence-electron chi connectivity index (χ4n) is 1.95. The Bertz CT molecular complexity index is 284. The zero-order chi connectivity index (χ0) is 10.0. The monoisotopic (exact) mass is 180 g/mol. The Morgan fingerprint density at radius 3 is 2.62 bits per heavy atom. The zero-order valence-corrected chi connectivity index (χ0v) is 8.68. The maximum absolute atomic E-state index is 11.4. The molecule has 1 rings (SSSR count). The predicted octanol–water partition coefficient (Wildman–Crippen LogP) is 2.46. The first-order chi connectivity index (χ1) is 6.06. The Morgan fingerprint density at radius 2 is 2.15 bits per heavy atom. The molecule has 1 unspecified atom stereocenters. The lowest BCUT2D eigenvalue weighted by Gasteiger charge is -2.21. The van der Waals surface area contributed by atoms with Gasteiger partial charge in [-0.15, -0.1) is 0 Å². The van der Waals surface area contributed by atoms with Gasteiger partial charge in [0.25, 0.3) is 0 Å². The average molecular weight is 180 g/mol. The molecule has 1 aliphatic carbocycles. The van der Waals surface area contributed by atoms with Crippen LogP contribution in [-0.4, -0.2) is 13.1 Å². The summed E-state index contributed by atoms with van der Waals surface area (Å²) in [6.07, 6.45) is 3.02. The molecule has 0 amide bonds. The second-order valence-electron chi connectivity index (χ2n) is 3.68. The van der Waals surface area contributed by atoms with Crippen LogP contribution in [0.3, 0.4) is 0 Å². The van der Waals surface area contributed by atoms with Gasteiger partial charge in [-0.05, 0) is 31.8 Å². The molecule has 0 saturated carbocycles. The van der Waals surface area contributed by atoms with E-state index >= 15 is 0 Å². The van der Waals surface area contributed by atoms with E-state index in [0.29, 0.717) is 0 Å². The van der Waals surface area contributed by atoms with Gasteiger partial charge in [0.05, 0.1) is 7.11 Å². The molecule has 0 saturated heterocycles. The van der Waals surface area contributed by atoms with Gasteiger partial charge in [0, 0.05) is 5.57 Å². The Morgan fingerprint density at radius 1 is 1.54 bits per heavy atom. The molecule has 0 aromatic rings. The van der Waals surface area contributed by atoms with E-state index in [2.05, 4.69) is 19.9 Å². The molecule has 0 N–H and O–H groups in total. The Kier molecular flexibility index (Phi) is 2.91. The first kappa shape index (κ1) is 10.0. The van der Waals surface area contributed by atoms with Crippen LogP contribution in [0.5, 0.6) is 0 Å².